The van der Waals surface area contributed by atoms with Crippen LogP contribution >= 0.6 is 0 Å². The van der Waals surface area contributed by atoms with Gasteiger partial charge in [0.1, 0.15) is 0 Å². The number of hydrogen-bond donors (Lipinski definition) is 2. The molecule has 17 heavy (non-hydrogen) atoms. The van der Waals surface area contributed by atoms with Crippen molar-refractivity contribution in [1.82, 2.24) is 25.4 Å². The predicted octanol–water partition coefficient (Wildman–Crippen LogP) is 0.546. The van der Waals surface area contributed by atoms with Gasteiger partial charge in [-0.25, -0.2) is 4.52 Å². The molecular weight excluding hydrogens is 218 g/mol. The van der Waals surface area contributed by atoms with E-state index in [1.807, 2.05) is 6.07 Å². The number of nitrogens with one attached hydrogen (secondary N) is 1. The third kappa shape index (κ3) is 2.98. The molecule has 2 aromatic rings. The summed E-state index contributed by atoms with van der Waals surface area (Å²) in [6.45, 7) is 6.68. The highest BCUT2D eigenvalue weighted by Gasteiger charge is 2.14. The van der Waals surface area contributed by atoms with Crippen molar-refractivity contribution in [3.63, 3.8) is 0 Å². The van der Waals surface area contributed by atoms with Crippen molar-refractivity contribution in [2.24, 2.45) is 0 Å². The Morgan fingerprint density at radius 1 is 1.41 bits per heavy atom. The summed E-state index contributed by atoms with van der Waals surface area (Å²) in [6, 6.07) is 3.62. The predicted molar refractivity (Wildman–Crippen MR) is 63.5 cm³/mol. The van der Waals surface area contributed by atoms with Crippen molar-refractivity contribution in [2.45, 2.75) is 32.4 Å². The number of hydrogen-bond acceptors (Lipinski definition) is 5. The number of nitrogens with zero attached hydrogens (tertiary/aromatic N) is 4. The topological polar surface area (TPSA) is 75.3 Å². The fourth-order valence-electron chi connectivity index (χ4n) is 1.48. The van der Waals surface area contributed by atoms with Gasteiger partial charge < -0.3 is 10.4 Å². The Morgan fingerprint density at radius 3 is 2.88 bits per heavy atom. The second kappa shape index (κ2) is 4.38. The van der Waals surface area contributed by atoms with Crippen LogP contribution < -0.4 is 5.32 Å². The first kappa shape index (κ1) is 11.9. The molecule has 6 nitrogen and oxygen atoms in total. The van der Waals surface area contributed by atoms with Crippen LogP contribution in [0.15, 0.2) is 18.3 Å². The lowest BCUT2D eigenvalue weighted by atomic mass is 10.1. The van der Waals surface area contributed by atoms with Crippen molar-refractivity contribution in [2.75, 3.05) is 6.54 Å². The number of pyridine rings is 1. The lowest BCUT2D eigenvalue weighted by Gasteiger charge is -2.22. The highest BCUT2D eigenvalue weighted by Crippen LogP contribution is 2.13. The number of aliphatic hydroxyl groups excluding tert-OH is 1. The fourth-order valence-corrected chi connectivity index (χ4v) is 1.48. The number of aromatic nitrogens is 4. The standard InChI is InChI=1S/C11H17N5O/c1-11(2,3)12-6-9(17)8-4-5-10-13-14-15-16(10)7-8/h4-5,7,9,12,17H,6H2,1-3H3/t9-/m0/s1. The zero-order valence-electron chi connectivity index (χ0n) is 10.3. The van der Waals surface area contributed by atoms with E-state index in [1.165, 1.54) is 0 Å². The van der Waals surface area contributed by atoms with Crippen LogP contribution in [0.2, 0.25) is 0 Å². The molecule has 0 aromatic carbocycles. The van der Waals surface area contributed by atoms with Gasteiger partial charge in [0.25, 0.3) is 0 Å². The van der Waals surface area contributed by atoms with Crippen LogP contribution in [0.25, 0.3) is 5.65 Å². The molecule has 1 atom stereocenters. The van der Waals surface area contributed by atoms with Gasteiger partial charge in [0.15, 0.2) is 5.65 Å². The highest BCUT2D eigenvalue weighted by molar-refractivity contribution is 5.36. The second-order valence-corrected chi connectivity index (χ2v) is 5.09. The van der Waals surface area contributed by atoms with E-state index in [0.717, 1.165) is 5.56 Å². The maximum atomic E-state index is 10.0. The molecule has 2 heterocycles. The second-order valence-electron chi connectivity index (χ2n) is 5.09. The minimum Gasteiger partial charge on any atom is -0.387 e. The first-order valence-corrected chi connectivity index (χ1v) is 5.56. The molecule has 2 aromatic heterocycles. The van der Waals surface area contributed by atoms with Crippen molar-refractivity contribution in [3.8, 4) is 0 Å². The molecule has 0 aliphatic rings. The SMILES string of the molecule is CC(C)(C)NC[C@H](O)c1ccc2nnnn2c1. The Bertz CT molecular complexity index is 502. The molecule has 0 aliphatic heterocycles. The van der Waals surface area contributed by atoms with Gasteiger partial charge in [0.05, 0.1) is 6.10 Å². The average Bonchev–Trinajstić information content (AvgIpc) is 2.71. The third-order valence-corrected chi connectivity index (χ3v) is 2.42. The molecule has 0 amide bonds. The van der Waals surface area contributed by atoms with Gasteiger partial charge >= 0.3 is 0 Å². The van der Waals surface area contributed by atoms with Gasteiger partial charge in [-0.15, -0.1) is 5.10 Å². The number of β-amino-alcohol motifs (C(OH)–C–C–N with tert-alkyl or cyclic N) is 1. The number of fused-ring (bicyclic) bond motifs is 1. The number of tetrazole rings is 1. The maximum Gasteiger partial charge on any atom is 0.179 e. The van der Waals surface area contributed by atoms with Crippen LogP contribution in [0.1, 0.15) is 32.4 Å². The van der Waals surface area contributed by atoms with Crippen molar-refractivity contribution in [1.29, 1.82) is 0 Å². The molecular formula is C11H17N5O. The molecule has 0 fully saturated rings. The van der Waals surface area contributed by atoms with Crippen molar-refractivity contribution >= 4 is 5.65 Å². The van der Waals surface area contributed by atoms with Crippen LogP contribution in [-0.4, -0.2) is 37.2 Å². The molecule has 0 spiro atoms. The third-order valence-electron chi connectivity index (χ3n) is 2.42. The van der Waals surface area contributed by atoms with Gasteiger partial charge in [0, 0.05) is 23.8 Å². The summed E-state index contributed by atoms with van der Waals surface area (Å²) in [7, 11) is 0. The molecule has 0 saturated heterocycles. The molecule has 2 rings (SSSR count). The van der Waals surface area contributed by atoms with Gasteiger partial charge in [-0.1, -0.05) is 6.07 Å². The van der Waals surface area contributed by atoms with E-state index >= 15 is 0 Å². The number of rotatable bonds is 3. The van der Waals surface area contributed by atoms with E-state index < -0.39 is 6.10 Å². The smallest absolute Gasteiger partial charge is 0.179 e. The molecule has 0 radical (unpaired) electrons. The molecule has 0 bridgehead atoms. The molecule has 0 unspecified atom stereocenters. The van der Waals surface area contributed by atoms with E-state index in [9.17, 15) is 5.11 Å². The summed E-state index contributed by atoms with van der Waals surface area (Å²) in [5, 5.41) is 24.4. The van der Waals surface area contributed by atoms with Gasteiger partial charge in [-0.2, -0.15) is 0 Å². The Hall–Kier alpha value is -1.53. The highest BCUT2D eigenvalue weighted by atomic mass is 16.3. The van der Waals surface area contributed by atoms with E-state index in [2.05, 4.69) is 41.6 Å². The normalized spacial score (nSPS) is 14.1. The van der Waals surface area contributed by atoms with E-state index in [0.29, 0.717) is 12.2 Å². The largest absolute Gasteiger partial charge is 0.387 e. The average molecular weight is 235 g/mol. The van der Waals surface area contributed by atoms with E-state index in [1.54, 1.807) is 16.8 Å². The lowest BCUT2D eigenvalue weighted by Crippen LogP contribution is -2.38. The summed E-state index contributed by atoms with van der Waals surface area (Å²) >= 11 is 0. The minimum atomic E-state index is -0.567. The Morgan fingerprint density at radius 2 is 2.18 bits per heavy atom. The van der Waals surface area contributed by atoms with Gasteiger partial charge in [-0.3, -0.25) is 0 Å². The minimum absolute atomic E-state index is 0.0140. The quantitative estimate of drug-likeness (QED) is 0.812. The Labute approximate surface area is 99.6 Å². The first-order valence-electron chi connectivity index (χ1n) is 5.56. The first-order chi connectivity index (χ1) is 7.96. The van der Waals surface area contributed by atoms with Gasteiger partial charge in [0.2, 0.25) is 0 Å². The van der Waals surface area contributed by atoms with E-state index in [-0.39, 0.29) is 5.54 Å². The van der Waals surface area contributed by atoms with Crippen LogP contribution in [-0.2, 0) is 0 Å². The maximum absolute atomic E-state index is 10.0. The Balaban J connectivity index is 2.10. The van der Waals surface area contributed by atoms with Crippen LogP contribution in [0, 0.1) is 0 Å². The number of aliphatic hydroxyl groups is 1. The molecule has 0 aliphatic carbocycles. The van der Waals surface area contributed by atoms with Crippen LogP contribution in [0.4, 0.5) is 0 Å². The zero-order chi connectivity index (χ0) is 12.5. The summed E-state index contributed by atoms with van der Waals surface area (Å²) in [5.41, 5.74) is 1.45. The molecule has 92 valence electrons. The summed E-state index contributed by atoms with van der Waals surface area (Å²) < 4.78 is 1.55. The summed E-state index contributed by atoms with van der Waals surface area (Å²) in [6.07, 6.45) is 1.17. The monoisotopic (exact) mass is 235 g/mol. The fraction of sp³-hybridized carbons (Fsp3) is 0.545. The van der Waals surface area contributed by atoms with Crippen molar-refractivity contribution in [3.05, 3.63) is 23.9 Å². The lowest BCUT2D eigenvalue weighted by molar-refractivity contribution is 0.163. The zero-order valence-corrected chi connectivity index (χ0v) is 10.3. The van der Waals surface area contributed by atoms with Crippen LogP contribution in [0.5, 0.6) is 0 Å². The van der Waals surface area contributed by atoms with E-state index in [4.69, 9.17) is 0 Å². The Kier molecular flexibility index (Phi) is 3.08. The summed E-state index contributed by atoms with van der Waals surface area (Å²) in [5.74, 6) is 0. The van der Waals surface area contributed by atoms with Crippen LogP contribution in [0.3, 0.4) is 0 Å². The molecule has 2 N–H and O–H groups in total. The molecule has 0 saturated carbocycles. The van der Waals surface area contributed by atoms with Gasteiger partial charge in [-0.05, 0) is 37.3 Å². The molecule has 6 heteroatoms. The van der Waals surface area contributed by atoms with Crippen molar-refractivity contribution < 1.29 is 5.11 Å². The summed E-state index contributed by atoms with van der Waals surface area (Å²) in [4.78, 5) is 0.